The Kier molecular flexibility index (Phi) is 3.46. The van der Waals surface area contributed by atoms with E-state index in [1.165, 1.54) is 11.3 Å². The Bertz CT molecular complexity index is 366. The third kappa shape index (κ3) is 3.60. The first-order valence-corrected chi connectivity index (χ1v) is 5.56. The molecule has 4 nitrogen and oxygen atoms in total. The van der Waals surface area contributed by atoms with Gasteiger partial charge in [-0.3, -0.25) is 0 Å². The molecule has 0 spiro atoms. The van der Waals surface area contributed by atoms with Crippen molar-refractivity contribution in [2.45, 2.75) is 39.8 Å². The number of aromatic nitrogens is 1. The highest BCUT2D eigenvalue weighted by Crippen LogP contribution is 2.18. The largest absolute Gasteiger partial charge is 0.477 e. The Labute approximate surface area is 93.4 Å². The zero-order valence-corrected chi connectivity index (χ0v) is 10.2. The first-order valence-electron chi connectivity index (χ1n) is 4.74. The summed E-state index contributed by atoms with van der Waals surface area (Å²) in [7, 11) is 0. The molecule has 0 saturated carbocycles. The molecule has 0 amide bonds. The first kappa shape index (κ1) is 12.1. The van der Waals surface area contributed by atoms with Gasteiger partial charge in [0.1, 0.15) is 9.88 Å². The van der Waals surface area contributed by atoms with E-state index in [1.807, 2.05) is 0 Å². The van der Waals surface area contributed by atoms with E-state index in [0.717, 1.165) is 5.01 Å². The third-order valence-corrected chi connectivity index (χ3v) is 2.95. The molecule has 1 aromatic rings. The molecule has 84 valence electrons. The minimum Gasteiger partial charge on any atom is -0.477 e. The monoisotopic (exact) mass is 228 g/mol. The fraction of sp³-hybridized carbons (Fsp3) is 0.600. The van der Waals surface area contributed by atoms with Crippen LogP contribution in [0, 0.1) is 6.92 Å². The number of thiazole rings is 1. The van der Waals surface area contributed by atoms with Crippen molar-refractivity contribution in [3.05, 3.63) is 15.6 Å². The van der Waals surface area contributed by atoms with Crippen LogP contribution >= 0.6 is 11.3 Å². The van der Waals surface area contributed by atoms with Gasteiger partial charge in [0.2, 0.25) is 0 Å². The molecule has 2 N–H and O–H groups in total. The molecule has 0 unspecified atom stereocenters. The van der Waals surface area contributed by atoms with E-state index in [1.54, 1.807) is 6.92 Å². The van der Waals surface area contributed by atoms with Crippen molar-refractivity contribution < 1.29 is 9.90 Å². The Morgan fingerprint density at radius 2 is 2.13 bits per heavy atom. The topological polar surface area (TPSA) is 62.2 Å². The lowest BCUT2D eigenvalue weighted by molar-refractivity contribution is 0.0701. The van der Waals surface area contributed by atoms with Crippen LogP contribution in [0.5, 0.6) is 0 Å². The standard InChI is InChI=1S/C10H16N2O2S/c1-6-8(9(13)14)15-7(12-6)5-11-10(2,3)4/h11H,5H2,1-4H3,(H,13,14). The molecule has 15 heavy (non-hydrogen) atoms. The van der Waals surface area contributed by atoms with Crippen molar-refractivity contribution in [1.82, 2.24) is 10.3 Å². The molecular formula is C10H16N2O2S. The van der Waals surface area contributed by atoms with Gasteiger partial charge >= 0.3 is 5.97 Å². The molecule has 0 aromatic carbocycles. The number of nitrogens with zero attached hydrogens (tertiary/aromatic N) is 1. The zero-order valence-electron chi connectivity index (χ0n) is 9.42. The molecular weight excluding hydrogens is 212 g/mol. The predicted octanol–water partition coefficient (Wildman–Crippen LogP) is 2.04. The van der Waals surface area contributed by atoms with Crippen molar-refractivity contribution in [2.75, 3.05) is 0 Å². The smallest absolute Gasteiger partial charge is 0.347 e. The van der Waals surface area contributed by atoms with Crippen LogP contribution in [0.4, 0.5) is 0 Å². The van der Waals surface area contributed by atoms with E-state index in [9.17, 15) is 4.79 Å². The van der Waals surface area contributed by atoms with Gasteiger partial charge in [-0.25, -0.2) is 9.78 Å². The maximum atomic E-state index is 10.8. The van der Waals surface area contributed by atoms with E-state index in [4.69, 9.17) is 5.11 Å². The van der Waals surface area contributed by atoms with Crippen LogP contribution in [-0.4, -0.2) is 21.6 Å². The molecule has 1 aromatic heterocycles. The zero-order chi connectivity index (χ0) is 11.6. The lowest BCUT2D eigenvalue weighted by Gasteiger charge is -2.19. The molecule has 0 radical (unpaired) electrons. The van der Waals surface area contributed by atoms with Gasteiger partial charge in [0.25, 0.3) is 0 Å². The first-order chi connectivity index (χ1) is 6.79. The van der Waals surface area contributed by atoms with Crippen LogP contribution in [0.3, 0.4) is 0 Å². The summed E-state index contributed by atoms with van der Waals surface area (Å²) in [6.45, 7) is 8.52. The lowest BCUT2D eigenvalue weighted by atomic mass is 10.1. The normalized spacial score (nSPS) is 11.7. The van der Waals surface area contributed by atoms with Crippen molar-refractivity contribution in [3.63, 3.8) is 0 Å². The van der Waals surface area contributed by atoms with Gasteiger partial charge in [-0.1, -0.05) is 0 Å². The highest BCUT2D eigenvalue weighted by atomic mass is 32.1. The fourth-order valence-corrected chi connectivity index (χ4v) is 1.91. The summed E-state index contributed by atoms with van der Waals surface area (Å²) in [4.78, 5) is 15.3. The van der Waals surface area contributed by atoms with Crippen molar-refractivity contribution in [1.29, 1.82) is 0 Å². The summed E-state index contributed by atoms with van der Waals surface area (Å²) < 4.78 is 0. The van der Waals surface area contributed by atoms with Gasteiger partial charge in [0.15, 0.2) is 0 Å². The van der Waals surface area contributed by atoms with Crippen LogP contribution in [0.2, 0.25) is 0 Å². The molecule has 1 rings (SSSR count). The van der Waals surface area contributed by atoms with Crippen LogP contribution in [-0.2, 0) is 6.54 Å². The van der Waals surface area contributed by atoms with E-state index in [0.29, 0.717) is 17.1 Å². The Morgan fingerprint density at radius 3 is 2.53 bits per heavy atom. The second-order valence-electron chi connectivity index (χ2n) is 4.43. The number of aromatic carboxylic acids is 1. The van der Waals surface area contributed by atoms with E-state index >= 15 is 0 Å². The van der Waals surface area contributed by atoms with Crippen molar-refractivity contribution >= 4 is 17.3 Å². The molecule has 1 heterocycles. The molecule has 0 saturated heterocycles. The molecule has 0 aliphatic heterocycles. The quantitative estimate of drug-likeness (QED) is 0.831. The highest BCUT2D eigenvalue weighted by molar-refractivity contribution is 7.13. The highest BCUT2D eigenvalue weighted by Gasteiger charge is 2.15. The van der Waals surface area contributed by atoms with Crippen LogP contribution in [0.1, 0.15) is 41.1 Å². The second-order valence-corrected chi connectivity index (χ2v) is 5.51. The second kappa shape index (κ2) is 4.28. The number of carbonyl (C=O) groups is 1. The minimum absolute atomic E-state index is 0.0168. The summed E-state index contributed by atoms with van der Waals surface area (Å²) in [6, 6.07) is 0. The number of hydrogen-bond acceptors (Lipinski definition) is 4. The Hall–Kier alpha value is -0.940. The summed E-state index contributed by atoms with van der Waals surface area (Å²) in [6.07, 6.45) is 0. The van der Waals surface area contributed by atoms with Crippen molar-refractivity contribution in [3.8, 4) is 0 Å². The number of nitrogens with one attached hydrogen (secondary N) is 1. The van der Waals surface area contributed by atoms with Crippen molar-refractivity contribution in [2.24, 2.45) is 0 Å². The SMILES string of the molecule is Cc1nc(CNC(C)(C)C)sc1C(=O)O. The summed E-state index contributed by atoms with van der Waals surface area (Å²) in [5.41, 5.74) is 0.612. The van der Waals surface area contributed by atoms with Gasteiger partial charge in [-0.05, 0) is 27.7 Å². The van der Waals surface area contributed by atoms with Gasteiger partial charge in [-0.15, -0.1) is 11.3 Å². The predicted molar refractivity (Wildman–Crippen MR) is 60.4 cm³/mol. The lowest BCUT2D eigenvalue weighted by Crippen LogP contribution is -2.35. The summed E-state index contributed by atoms with van der Waals surface area (Å²) in [5, 5.41) is 12.9. The molecule has 0 aliphatic carbocycles. The van der Waals surface area contributed by atoms with Gasteiger partial charge < -0.3 is 10.4 Å². The van der Waals surface area contributed by atoms with Crippen LogP contribution in [0.15, 0.2) is 0 Å². The van der Waals surface area contributed by atoms with E-state index in [-0.39, 0.29) is 5.54 Å². The number of carboxylic acids is 1. The van der Waals surface area contributed by atoms with Gasteiger partial charge in [0.05, 0.1) is 5.69 Å². The minimum atomic E-state index is -0.896. The summed E-state index contributed by atoms with van der Waals surface area (Å²) >= 11 is 1.24. The Morgan fingerprint density at radius 1 is 1.53 bits per heavy atom. The summed E-state index contributed by atoms with van der Waals surface area (Å²) in [5.74, 6) is -0.896. The van der Waals surface area contributed by atoms with E-state index in [2.05, 4.69) is 31.1 Å². The molecule has 0 atom stereocenters. The number of aryl methyl sites for hydroxylation is 1. The average Bonchev–Trinajstić information content (AvgIpc) is 2.42. The Balaban J connectivity index is 2.72. The maximum Gasteiger partial charge on any atom is 0.347 e. The van der Waals surface area contributed by atoms with Gasteiger partial charge in [0, 0.05) is 12.1 Å². The maximum absolute atomic E-state index is 10.8. The fourth-order valence-electron chi connectivity index (χ4n) is 1.07. The number of rotatable bonds is 3. The number of hydrogen-bond donors (Lipinski definition) is 2. The van der Waals surface area contributed by atoms with Crippen LogP contribution < -0.4 is 5.32 Å². The van der Waals surface area contributed by atoms with E-state index < -0.39 is 5.97 Å². The number of carboxylic acid groups (broad SMARTS) is 1. The van der Waals surface area contributed by atoms with Gasteiger partial charge in [-0.2, -0.15) is 0 Å². The molecule has 0 fully saturated rings. The molecule has 0 aliphatic rings. The molecule has 5 heteroatoms. The van der Waals surface area contributed by atoms with Crippen LogP contribution in [0.25, 0.3) is 0 Å². The average molecular weight is 228 g/mol. The molecule has 0 bridgehead atoms. The third-order valence-electron chi connectivity index (χ3n) is 1.81.